The molecule has 1 fully saturated rings. The fraction of sp³-hybridized carbons (Fsp3) is 0.391. The lowest BCUT2D eigenvalue weighted by Crippen LogP contribution is -2.13. The van der Waals surface area contributed by atoms with Gasteiger partial charge in [0, 0.05) is 36.7 Å². The van der Waals surface area contributed by atoms with Crippen molar-refractivity contribution in [3.63, 3.8) is 0 Å². The Hall–Kier alpha value is -3.22. The summed E-state index contributed by atoms with van der Waals surface area (Å²) < 4.78 is 4.13. The highest BCUT2D eigenvalue weighted by atomic mass is 15.3. The number of hydrogen-bond donors (Lipinski definition) is 1. The van der Waals surface area contributed by atoms with E-state index in [1.807, 2.05) is 24.6 Å². The Morgan fingerprint density at radius 1 is 1.03 bits per heavy atom. The first kappa shape index (κ1) is 18.8. The minimum absolute atomic E-state index is 0.300. The standard InChI is InChI=1S/C23H27N7/c1-13(2)24-22-11-16(30-15(4)25-14(3)28-30)10-20(26-22)17-12-18(17)23-27-19-8-6-7-9-21(19)29(23)5/h6-11,13,17-18H,12H2,1-5H3,(H,24,26). The monoisotopic (exact) mass is 401 g/mol. The number of hydrogen-bond acceptors (Lipinski definition) is 5. The van der Waals surface area contributed by atoms with Crippen molar-refractivity contribution in [2.75, 3.05) is 5.32 Å². The number of benzene rings is 1. The molecule has 4 aromatic rings. The summed E-state index contributed by atoms with van der Waals surface area (Å²) in [6.45, 7) is 8.15. The van der Waals surface area contributed by atoms with Crippen LogP contribution in [0.4, 0.5) is 5.82 Å². The summed E-state index contributed by atoms with van der Waals surface area (Å²) in [6, 6.07) is 12.8. The van der Waals surface area contributed by atoms with Gasteiger partial charge in [-0.2, -0.15) is 5.10 Å². The quantitative estimate of drug-likeness (QED) is 0.541. The maximum atomic E-state index is 4.95. The fourth-order valence-corrected chi connectivity index (χ4v) is 4.29. The topological polar surface area (TPSA) is 73.5 Å². The van der Waals surface area contributed by atoms with Crippen LogP contribution < -0.4 is 5.32 Å². The molecule has 1 aliphatic rings. The zero-order valence-corrected chi connectivity index (χ0v) is 18.1. The summed E-state index contributed by atoms with van der Waals surface area (Å²) in [4.78, 5) is 14.3. The van der Waals surface area contributed by atoms with Crippen molar-refractivity contribution in [3.05, 3.63) is 59.6 Å². The molecule has 1 aliphatic carbocycles. The summed E-state index contributed by atoms with van der Waals surface area (Å²) in [5.41, 5.74) is 4.31. The molecule has 7 heteroatoms. The Morgan fingerprint density at radius 3 is 2.53 bits per heavy atom. The van der Waals surface area contributed by atoms with E-state index in [-0.39, 0.29) is 0 Å². The van der Waals surface area contributed by atoms with Gasteiger partial charge in [0.15, 0.2) is 0 Å². The molecule has 0 aliphatic heterocycles. The van der Waals surface area contributed by atoms with Crippen LogP contribution in [0.3, 0.4) is 0 Å². The number of imidazole rings is 1. The highest BCUT2D eigenvalue weighted by Gasteiger charge is 2.44. The van der Waals surface area contributed by atoms with E-state index in [0.717, 1.165) is 46.6 Å². The van der Waals surface area contributed by atoms with E-state index in [0.29, 0.717) is 17.9 Å². The molecule has 0 amide bonds. The molecule has 1 N–H and O–H groups in total. The highest BCUT2D eigenvalue weighted by Crippen LogP contribution is 2.54. The zero-order valence-electron chi connectivity index (χ0n) is 18.1. The van der Waals surface area contributed by atoms with Crippen molar-refractivity contribution in [3.8, 4) is 5.69 Å². The summed E-state index contributed by atoms with van der Waals surface area (Å²) in [5.74, 6) is 4.41. The van der Waals surface area contributed by atoms with Gasteiger partial charge in [-0.05, 0) is 52.3 Å². The number of nitrogens with one attached hydrogen (secondary N) is 1. The molecule has 0 radical (unpaired) electrons. The first-order valence-corrected chi connectivity index (χ1v) is 10.5. The lowest BCUT2D eigenvalue weighted by Gasteiger charge is -2.13. The van der Waals surface area contributed by atoms with Gasteiger partial charge in [0.2, 0.25) is 0 Å². The first-order chi connectivity index (χ1) is 14.4. The second-order valence-corrected chi connectivity index (χ2v) is 8.52. The molecule has 0 spiro atoms. The van der Waals surface area contributed by atoms with Crippen molar-refractivity contribution in [2.45, 2.75) is 52.0 Å². The third-order valence-corrected chi connectivity index (χ3v) is 5.71. The first-order valence-electron chi connectivity index (χ1n) is 10.5. The van der Waals surface area contributed by atoms with Crippen LogP contribution >= 0.6 is 0 Å². The Bertz CT molecular complexity index is 1230. The van der Waals surface area contributed by atoms with E-state index >= 15 is 0 Å². The average Bonchev–Trinajstić information content (AvgIpc) is 3.32. The van der Waals surface area contributed by atoms with Crippen LogP contribution in [-0.2, 0) is 7.05 Å². The lowest BCUT2D eigenvalue weighted by atomic mass is 10.2. The third kappa shape index (κ3) is 3.24. The number of aromatic nitrogens is 6. The number of para-hydroxylation sites is 2. The van der Waals surface area contributed by atoms with Gasteiger partial charge in [0.25, 0.3) is 0 Å². The van der Waals surface area contributed by atoms with Gasteiger partial charge >= 0.3 is 0 Å². The Morgan fingerprint density at radius 2 is 1.83 bits per heavy atom. The number of pyridine rings is 1. The SMILES string of the molecule is Cc1nc(C)n(-c2cc(NC(C)C)nc(C3CC3c3nc4ccccc4n3C)c2)n1. The Kier molecular flexibility index (Phi) is 4.34. The van der Waals surface area contributed by atoms with Gasteiger partial charge < -0.3 is 9.88 Å². The molecule has 2 unspecified atom stereocenters. The van der Waals surface area contributed by atoms with Crippen molar-refractivity contribution in [2.24, 2.45) is 7.05 Å². The van der Waals surface area contributed by atoms with E-state index in [9.17, 15) is 0 Å². The molecule has 3 heterocycles. The molecule has 154 valence electrons. The summed E-state index contributed by atoms with van der Waals surface area (Å²) in [6.07, 6.45) is 1.06. The molecule has 3 aromatic heterocycles. The maximum Gasteiger partial charge on any atom is 0.148 e. The van der Waals surface area contributed by atoms with Crippen LogP contribution in [0.5, 0.6) is 0 Å². The van der Waals surface area contributed by atoms with Crippen molar-refractivity contribution in [1.29, 1.82) is 0 Å². The highest BCUT2D eigenvalue weighted by molar-refractivity contribution is 5.76. The van der Waals surface area contributed by atoms with Gasteiger partial charge in [-0.1, -0.05) is 12.1 Å². The van der Waals surface area contributed by atoms with Gasteiger partial charge in [-0.15, -0.1) is 0 Å². The van der Waals surface area contributed by atoms with Gasteiger partial charge in [0.1, 0.15) is 23.3 Å². The van der Waals surface area contributed by atoms with Crippen molar-refractivity contribution in [1.82, 2.24) is 29.3 Å². The minimum atomic E-state index is 0.300. The van der Waals surface area contributed by atoms with E-state index in [1.54, 1.807) is 0 Å². The van der Waals surface area contributed by atoms with Crippen LogP contribution in [0.15, 0.2) is 36.4 Å². The van der Waals surface area contributed by atoms with Crippen molar-refractivity contribution < 1.29 is 0 Å². The normalized spacial score (nSPS) is 18.3. The molecule has 0 saturated heterocycles. The smallest absolute Gasteiger partial charge is 0.148 e. The van der Waals surface area contributed by atoms with E-state index in [1.165, 1.54) is 5.52 Å². The van der Waals surface area contributed by atoms with Crippen LogP contribution in [0.25, 0.3) is 16.7 Å². The van der Waals surface area contributed by atoms with Gasteiger partial charge in [-0.25, -0.2) is 19.6 Å². The molecule has 1 saturated carbocycles. The maximum absolute atomic E-state index is 4.95. The van der Waals surface area contributed by atoms with Crippen LogP contribution in [0.1, 0.15) is 55.3 Å². The largest absolute Gasteiger partial charge is 0.368 e. The van der Waals surface area contributed by atoms with E-state index < -0.39 is 0 Å². The molecular formula is C23H27N7. The molecule has 2 atom stereocenters. The predicted molar refractivity (Wildman–Crippen MR) is 118 cm³/mol. The van der Waals surface area contributed by atoms with Gasteiger partial charge in [-0.3, -0.25) is 0 Å². The molecular weight excluding hydrogens is 374 g/mol. The van der Waals surface area contributed by atoms with Crippen LogP contribution in [0.2, 0.25) is 0 Å². The number of rotatable bonds is 5. The fourth-order valence-electron chi connectivity index (χ4n) is 4.29. The lowest BCUT2D eigenvalue weighted by molar-refractivity contribution is 0.791. The Labute approximate surface area is 176 Å². The number of aryl methyl sites for hydroxylation is 3. The van der Waals surface area contributed by atoms with Crippen molar-refractivity contribution >= 4 is 16.9 Å². The molecule has 5 rings (SSSR count). The van der Waals surface area contributed by atoms with Crippen LogP contribution in [-0.4, -0.2) is 35.3 Å². The minimum Gasteiger partial charge on any atom is -0.368 e. The number of anilines is 1. The van der Waals surface area contributed by atoms with Crippen LogP contribution in [0, 0.1) is 13.8 Å². The second-order valence-electron chi connectivity index (χ2n) is 8.52. The zero-order chi connectivity index (χ0) is 21.0. The Balaban J connectivity index is 1.53. The predicted octanol–water partition coefficient (Wildman–Crippen LogP) is 4.26. The summed E-state index contributed by atoms with van der Waals surface area (Å²) in [7, 11) is 2.11. The summed E-state index contributed by atoms with van der Waals surface area (Å²) >= 11 is 0. The second kappa shape index (κ2) is 6.93. The molecule has 7 nitrogen and oxygen atoms in total. The number of nitrogens with zero attached hydrogens (tertiary/aromatic N) is 6. The van der Waals surface area contributed by atoms with E-state index in [4.69, 9.17) is 9.97 Å². The summed E-state index contributed by atoms with van der Waals surface area (Å²) in [5, 5.41) is 8.03. The molecule has 1 aromatic carbocycles. The molecule has 30 heavy (non-hydrogen) atoms. The van der Waals surface area contributed by atoms with Gasteiger partial charge in [0.05, 0.1) is 16.7 Å². The third-order valence-electron chi connectivity index (χ3n) is 5.71. The average molecular weight is 402 g/mol. The van der Waals surface area contributed by atoms with E-state index in [2.05, 4.69) is 71.2 Å². The number of fused-ring (bicyclic) bond motifs is 1. The molecule has 0 bridgehead atoms.